The second-order valence-electron chi connectivity index (χ2n) is 6.18. The van der Waals surface area contributed by atoms with Crippen LogP contribution >= 0.6 is 11.6 Å². The minimum atomic E-state index is -0.646. The highest BCUT2D eigenvalue weighted by Crippen LogP contribution is 2.21. The third-order valence-corrected chi connectivity index (χ3v) is 4.31. The summed E-state index contributed by atoms with van der Waals surface area (Å²) in [6.45, 7) is 3.02. The maximum atomic E-state index is 12.3. The zero-order chi connectivity index (χ0) is 18.4. The maximum absolute atomic E-state index is 12.3. The van der Waals surface area contributed by atoms with Crippen molar-refractivity contribution in [1.29, 1.82) is 0 Å². The highest BCUT2D eigenvalue weighted by Gasteiger charge is 2.17. The summed E-state index contributed by atoms with van der Waals surface area (Å²) < 4.78 is 16.9. The molecule has 0 unspecified atom stereocenters. The van der Waals surface area contributed by atoms with Crippen molar-refractivity contribution >= 4 is 23.2 Å². The van der Waals surface area contributed by atoms with Gasteiger partial charge in [-0.3, -0.25) is 4.79 Å². The highest BCUT2D eigenvalue weighted by atomic mass is 35.5. The molecule has 1 aliphatic rings. The SMILES string of the molecule is C[C@@H](Oc1ccc(Cl)cc1)C(=O)Nc1cccc(OC[C@H]2CCCO2)c1. The fourth-order valence-electron chi connectivity index (χ4n) is 2.64. The molecule has 2 aromatic carbocycles. The Balaban J connectivity index is 1.52. The number of amides is 1. The topological polar surface area (TPSA) is 56.8 Å². The average Bonchev–Trinajstić information content (AvgIpc) is 3.16. The molecule has 5 nitrogen and oxygen atoms in total. The standard InChI is InChI=1S/C20H22ClNO4/c1-14(26-17-9-7-15(21)8-10-17)20(23)22-16-4-2-5-18(12-16)25-13-19-6-3-11-24-19/h2,4-5,7-10,12,14,19H,3,6,11,13H2,1H3,(H,22,23)/t14-,19-/m1/s1. The van der Waals surface area contributed by atoms with Crippen LogP contribution in [0.5, 0.6) is 11.5 Å². The Bertz CT molecular complexity index is 729. The van der Waals surface area contributed by atoms with Gasteiger partial charge in [0.1, 0.15) is 18.1 Å². The van der Waals surface area contributed by atoms with Crippen LogP contribution in [0.4, 0.5) is 5.69 Å². The van der Waals surface area contributed by atoms with E-state index in [1.165, 1.54) is 0 Å². The number of anilines is 1. The van der Waals surface area contributed by atoms with E-state index in [0.29, 0.717) is 28.8 Å². The van der Waals surface area contributed by atoms with Crippen LogP contribution in [-0.4, -0.2) is 31.3 Å². The summed E-state index contributed by atoms with van der Waals surface area (Å²) in [5.74, 6) is 1.05. The van der Waals surface area contributed by atoms with Gasteiger partial charge < -0.3 is 19.5 Å². The normalized spacial score (nSPS) is 17.5. The first-order valence-corrected chi connectivity index (χ1v) is 9.05. The van der Waals surface area contributed by atoms with Gasteiger partial charge in [-0.05, 0) is 56.2 Å². The van der Waals surface area contributed by atoms with Crippen LogP contribution in [-0.2, 0) is 9.53 Å². The quantitative estimate of drug-likeness (QED) is 0.783. The van der Waals surface area contributed by atoms with E-state index in [2.05, 4.69) is 5.32 Å². The van der Waals surface area contributed by atoms with Gasteiger partial charge in [0.2, 0.25) is 0 Å². The fourth-order valence-corrected chi connectivity index (χ4v) is 2.77. The molecule has 0 radical (unpaired) electrons. The van der Waals surface area contributed by atoms with Crippen LogP contribution in [0.25, 0.3) is 0 Å². The zero-order valence-corrected chi connectivity index (χ0v) is 15.4. The molecule has 6 heteroatoms. The lowest BCUT2D eigenvalue weighted by Crippen LogP contribution is -2.30. The number of carbonyl (C=O) groups is 1. The number of hydrogen-bond acceptors (Lipinski definition) is 4. The molecule has 0 bridgehead atoms. The largest absolute Gasteiger partial charge is 0.491 e. The van der Waals surface area contributed by atoms with Crippen LogP contribution in [0, 0.1) is 0 Å². The molecule has 2 atom stereocenters. The number of hydrogen-bond donors (Lipinski definition) is 1. The second-order valence-corrected chi connectivity index (χ2v) is 6.61. The molecule has 1 amide bonds. The molecule has 0 saturated carbocycles. The Kier molecular flexibility index (Phi) is 6.36. The van der Waals surface area contributed by atoms with E-state index >= 15 is 0 Å². The van der Waals surface area contributed by atoms with Crippen molar-refractivity contribution < 1.29 is 19.0 Å². The molecule has 1 saturated heterocycles. The van der Waals surface area contributed by atoms with E-state index < -0.39 is 6.10 Å². The fraction of sp³-hybridized carbons (Fsp3) is 0.350. The van der Waals surface area contributed by atoms with E-state index in [9.17, 15) is 4.79 Å². The van der Waals surface area contributed by atoms with Crippen LogP contribution < -0.4 is 14.8 Å². The Morgan fingerprint density at radius 2 is 2.08 bits per heavy atom. The third kappa shape index (κ3) is 5.38. The van der Waals surface area contributed by atoms with Gasteiger partial charge in [0.05, 0.1) is 6.10 Å². The molecular formula is C20H22ClNO4. The molecule has 1 aliphatic heterocycles. The summed E-state index contributed by atoms with van der Waals surface area (Å²) in [5, 5.41) is 3.46. The monoisotopic (exact) mass is 375 g/mol. The lowest BCUT2D eigenvalue weighted by Gasteiger charge is -2.16. The molecule has 138 valence electrons. The number of halogens is 1. The van der Waals surface area contributed by atoms with Crippen molar-refractivity contribution in [2.24, 2.45) is 0 Å². The molecule has 3 rings (SSSR count). The predicted octanol–water partition coefficient (Wildman–Crippen LogP) is 4.30. The van der Waals surface area contributed by atoms with Gasteiger partial charge in [0.15, 0.2) is 6.10 Å². The van der Waals surface area contributed by atoms with Crippen molar-refractivity contribution in [3.8, 4) is 11.5 Å². The molecule has 0 aromatic heterocycles. The Hall–Kier alpha value is -2.24. The summed E-state index contributed by atoms with van der Waals surface area (Å²) in [4.78, 5) is 12.3. The molecule has 1 heterocycles. The third-order valence-electron chi connectivity index (χ3n) is 4.06. The Morgan fingerprint density at radius 3 is 2.81 bits per heavy atom. The second kappa shape index (κ2) is 8.92. The lowest BCUT2D eigenvalue weighted by molar-refractivity contribution is -0.122. The summed E-state index contributed by atoms with van der Waals surface area (Å²) in [6.07, 6.45) is 1.61. The van der Waals surface area contributed by atoms with Crippen molar-refractivity contribution in [3.05, 3.63) is 53.6 Å². The van der Waals surface area contributed by atoms with E-state index in [1.807, 2.05) is 18.2 Å². The summed E-state index contributed by atoms with van der Waals surface area (Å²) in [6, 6.07) is 14.2. The predicted molar refractivity (Wildman–Crippen MR) is 101 cm³/mol. The summed E-state index contributed by atoms with van der Waals surface area (Å²) in [7, 11) is 0. The number of rotatable bonds is 7. The van der Waals surface area contributed by atoms with Crippen LogP contribution in [0.3, 0.4) is 0 Å². The van der Waals surface area contributed by atoms with E-state index in [1.54, 1.807) is 37.3 Å². The van der Waals surface area contributed by atoms with E-state index in [4.69, 9.17) is 25.8 Å². The van der Waals surface area contributed by atoms with Gasteiger partial charge in [-0.15, -0.1) is 0 Å². The van der Waals surface area contributed by atoms with Gasteiger partial charge in [-0.25, -0.2) is 0 Å². The van der Waals surface area contributed by atoms with Crippen LogP contribution in [0.15, 0.2) is 48.5 Å². The molecule has 0 aliphatic carbocycles. The van der Waals surface area contributed by atoms with Gasteiger partial charge in [-0.1, -0.05) is 17.7 Å². The van der Waals surface area contributed by atoms with Gasteiger partial charge in [0.25, 0.3) is 5.91 Å². The van der Waals surface area contributed by atoms with Crippen molar-refractivity contribution in [2.75, 3.05) is 18.5 Å². The lowest BCUT2D eigenvalue weighted by atomic mass is 10.2. The summed E-state index contributed by atoms with van der Waals surface area (Å²) >= 11 is 5.85. The van der Waals surface area contributed by atoms with Crippen molar-refractivity contribution in [1.82, 2.24) is 0 Å². The summed E-state index contributed by atoms with van der Waals surface area (Å²) in [5.41, 5.74) is 0.659. The molecule has 1 fully saturated rings. The molecular weight excluding hydrogens is 354 g/mol. The van der Waals surface area contributed by atoms with E-state index in [-0.39, 0.29) is 12.0 Å². The Morgan fingerprint density at radius 1 is 1.27 bits per heavy atom. The maximum Gasteiger partial charge on any atom is 0.265 e. The van der Waals surface area contributed by atoms with Gasteiger partial charge >= 0.3 is 0 Å². The van der Waals surface area contributed by atoms with Crippen LogP contribution in [0.2, 0.25) is 5.02 Å². The van der Waals surface area contributed by atoms with Crippen molar-refractivity contribution in [2.45, 2.75) is 32.0 Å². The molecule has 0 spiro atoms. The average molecular weight is 376 g/mol. The number of carbonyl (C=O) groups excluding carboxylic acids is 1. The first-order chi connectivity index (χ1) is 12.6. The zero-order valence-electron chi connectivity index (χ0n) is 14.6. The first-order valence-electron chi connectivity index (χ1n) is 8.68. The van der Waals surface area contributed by atoms with Gasteiger partial charge in [0, 0.05) is 23.4 Å². The minimum absolute atomic E-state index is 0.154. The number of nitrogens with one attached hydrogen (secondary N) is 1. The Labute approximate surface area is 158 Å². The number of ether oxygens (including phenoxy) is 3. The smallest absolute Gasteiger partial charge is 0.265 e. The van der Waals surface area contributed by atoms with Crippen molar-refractivity contribution in [3.63, 3.8) is 0 Å². The van der Waals surface area contributed by atoms with E-state index in [0.717, 1.165) is 19.4 Å². The molecule has 26 heavy (non-hydrogen) atoms. The molecule has 2 aromatic rings. The molecule has 1 N–H and O–H groups in total. The highest BCUT2D eigenvalue weighted by molar-refractivity contribution is 6.30. The minimum Gasteiger partial charge on any atom is -0.491 e. The first kappa shape index (κ1) is 18.5. The van der Waals surface area contributed by atoms with Crippen LogP contribution in [0.1, 0.15) is 19.8 Å². The number of benzene rings is 2. The van der Waals surface area contributed by atoms with Gasteiger partial charge in [-0.2, -0.15) is 0 Å².